The van der Waals surface area contributed by atoms with Crippen molar-refractivity contribution < 1.29 is 13.2 Å². The standard InChI is InChI=1S/C9H6F3N/c10-9(11,12)7-3-1-6(2-4-7)8-5-13-8/h1-4H,5H2. The number of benzene rings is 1. The monoisotopic (exact) mass is 185 g/mol. The third kappa shape index (κ3) is 1.71. The second-order valence-corrected chi connectivity index (χ2v) is 2.84. The maximum Gasteiger partial charge on any atom is 0.416 e. The predicted molar refractivity (Wildman–Crippen MR) is 42.8 cm³/mol. The summed E-state index contributed by atoms with van der Waals surface area (Å²) in [6, 6.07) is 5.07. The van der Waals surface area contributed by atoms with Gasteiger partial charge in [0.2, 0.25) is 0 Å². The van der Waals surface area contributed by atoms with Crippen molar-refractivity contribution in [3.8, 4) is 0 Å². The van der Waals surface area contributed by atoms with Gasteiger partial charge in [-0.05, 0) is 17.7 Å². The highest BCUT2D eigenvalue weighted by atomic mass is 19.4. The van der Waals surface area contributed by atoms with Crippen molar-refractivity contribution in [2.24, 2.45) is 4.99 Å². The van der Waals surface area contributed by atoms with Crippen molar-refractivity contribution in [3.05, 3.63) is 35.4 Å². The molecule has 0 aliphatic carbocycles. The lowest BCUT2D eigenvalue weighted by Gasteiger charge is -2.05. The van der Waals surface area contributed by atoms with E-state index in [-0.39, 0.29) is 0 Å². The fraction of sp³-hybridized carbons (Fsp3) is 0.222. The normalized spacial score (nSPS) is 15.5. The summed E-state index contributed by atoms with van der Waals surface area (Å²) in [6.07, 6.45) is -4.25. The van der Waals surface area contributed by atoms with E-state index in [1.807, 2.05) is 0 Å². The maximum absolute atomic E-state index is 12.1. The fourth-order valence-electron chi connectivity index (χ4n) is 1.07. The summed E-state index contributed by atoms with van der Waals surface area (Å²) in [5, 5.41) is 0. The minimum absolute atomic E-state index is 0.613. The van der Waals surface area contributed by atoms with Gasteiger partial charge in [-0.25, -0.2) is 0 Å². The lowest BCUT2D eigenvalue weighted by molar-refractivity contribution is -0.137. The Morgan fingerprint density at radius 1 is 1.08 bits per heavy atom. The number of halogens is 3. The van der Waals surface area contributed by atoms with Crippen molar-refractivity contribution in [2.75, 3.05) is 6.54 Å². The van der Waals surface area contributed by atoms with Crippen LogP contribution in [0.4, 0.5) is 13.2 Å². The Balaban J connectivity index is 2.28. The van der Waals surface area contributed by atoms with Crippen LogP contribution >= 0.6 is 0 Å². The summed E-state index contributed by atoms with van der Waals surface area (Å²) in [5.41, 5.74) is 1.05. The summed E-state index contributed by atoms with van der Waals surface area (Å²) >= 11 is 0. The SMILES string of the molecule is FC(F)(F)c1ccc(C2=NC2)cc1. The van der Waals surface area contributed by atoms with Crippen molar-refractivity contribution in [1.29, 1.82) is 0 Å². The van der Waals surface area contributed by atoms with Crippen LogP contribution in [0.15, 0.2) is 29.3 Å². The van der Waals surface area contributed by atoms with E-state index in [0.717, 1.165) is 23.4 Å². The van der Waals surface area contributed by atoms with Crippen LogP contribution in [0.3, 0.4) is 0 Å². The van der Waals surface area contributed by atoms with Crippen LogP contribution in [0, 0.1) is 0 Å². The van der Waals surface area contributed by atoms with Gasteiger partial charge in [0.1, 0.15) is 0 Å². The van der Waals surface area contributed by atoms with Crippen LogP contribution in [0.2, 0.25) is 0 Å². The van der Waals surface area contributed by atoms with Gasteiger partial charge in [-0.1, -0.05) is 12.1 Å². The molecule has 1 nitrogen and oxygen atoms in total. The van der Waals surface area contributed by atoms with Crippen LogP contribution in [-0.4, -0.2) is 12.3 Å². The molecule has 0 aromatic heterocycles. The molecule has 0 saturated carbocycles. The quantitative estimate of drug-likeness (QED) is 0.637. The summed E-state index contributed by atoms with van der Waals surface area (Å²) in [6.45, 7) is 0.658. The topological polar surface area (TPSA) is 12.4 Å². The Morgan fingerprint density at radius 2 is 1.62 bits per heavy atom. The molecule has 1 aliphatic rings. The number of aliphatic imine (C=N–C) groups is 1. The third-order valence-corrected chi connectivity index (χ3v) is 1.86. The van der Waals surface area contributed by atoms with Crippen LogP contribution in [0.1, 0.15) is 11.1 Å². The van der Waals surface area contributed by atoms with Gasteiger partial charge in [-0.2, -0.15) is 13.2 Å². The number of nitrogens with zero attached hydrogens (tertiary/aromatic N) is 1. The smallest absolute Gasteiger partial charge is 0.281 e. The molecule has 1 aromatic rings. The molecule has 0 radical (unpaired) electrons. The summed E-state index contributed by atoms with van der Waals surface area (Å²) < 4.78 is 36.3. The molecule has 68 valence electrons. The van der Waals surface area contributed by atoms with E-state index in [2.05, 4.69) is 4.99 Å². The van der Waals surface area contributed by atoms with E-state index >= 15 is 0 Å². The molecule has 13 heavy (non-hydrogen) atoms. The molecule has 0 spiro atoms. The van der Waals surface area contributed by atoms with Gasteiger partial charge in [-0.15, -0.1) is 0 Å². The first-order valence-corrected chi connectivity index (χ1v) is 3.78. The van der Waals surface area contributed by atoms with Gasteiger partial charge in [0.05, 0.1) is 17.8 Å². The largest absolute Gasteiger partial charge is 0.416 e. The Kier molecular flexibility index (Phi) is 1.65. The first kappa shape index (κ1) is 8.29. The van der Waals surface area contributed by atoms with Crippen molar-refractivity contribution in [3.63, 3.8) is 0 Å². The van der Waals surface area contributed by atoms with Crippen molar-refractivity contribution in [2.45, 2.75) is 6.18 Å². The molecule has 0 N–H and O–H groups in total. The molecular formula is C9H6F3N. The lowest BCUT2D eigenvalue weighted by Crippen LogP contribution is -2.04. The van der Waals surface area contributed by atoms with E-state index < -0.39 is 11.7 Å². The lowest BCUT2D eigenvalue weighted by atomic mass is 10.1. The number of hydrogen-bond donors (Lipinski definition) is 0. The molecule has 1 aliphatic heterocycles. The van der Waals surface area contributed by atoms with Gasteiger partial charge >= 0.3 is 6.18 Å². The predicted octanol–water partition coefficient (Wildman–Crippen LogP) is 2.51. The molecule has 0 unspecified atom stereocenters. The van der Waals surface area contributed by atoms with Gasteiger partial charge in [0.15, 0.2) is 0 Å². The zero-order valence-corrected chi connectivity index (χ0v) is 6.60. The molecule has 1 heterocycles. The first-order valence-electron chi connectivity index (χ1n) is 3.78. The highest BCUT2D eigenvalue weighted by molar-refractivity contribution is 6.10. The van der Waals surface area contributed by atoms with Gasteiger partial charge in [-0.3, -0.25) is 4.99 Å². The Hall–Kier alpha value is -1.32. The minimum atomic E-state index is -4.25. The highest BCUT2D eigenvalue weighted by Crippen LogP contribution is 2.29. The molecule has 0 saturated heterocycles. The van der Waals surface area contributed by atoms with E-state index in [4.69, 9.17) is 0 Å². The zero-order valence-electron chi connectivity index (χ0n) is 6.60. The van der Waals surface area contributed by atoms with E-state index in [9.17, 15) is 13.2 Å². The molecule has 2 rings (SSSR count). The van der Waals surface area contributed by atoms with Crippen LogP contribution in [0.25, 0.3) is 0 Å². The van der Waals surface area contributed by atoms with Crippen molar-refractivity contribution in [1.82, 2.24) is 0 Å². The number of hydrogen-bond acceptors (Lipinski definition) is 1. The molecule has 1 aromatic carbocycles. The molecular weight excluding hydrogens is 179 g/mol. The van der Waals surface area contributed by atoms with Gasteiger partial charge < -0.3 is 0 Å². The zero-order chi connectivity index (χ0) is 9.47. The van der Waals surface area contributed by atoms with Gasteiger partial charge in [0, 0.05) is 0 Å². The maximum atomic E-state index is 12.1. The Morgan fingerprint density at radius 3 is 2.00 bits per heavy atom. The molecule has 0 fully saturated rings. The average molecular weight is 185 g/mol. The summed E-state index contributed by atoms with van der Waals surface area (Å²) in [5.74, 6) is 0. The van der Waals surface area contributed by atoms with Crippen LogP contribution in [-0.2, 0) is 6.18 Å². The Bertz CT molecular complexity index is 348. The molecule has 0 amide bonds. The van der Waals surface area contributed by atoms with Crippen molar-refractivity contribution >= 4 is 5.71 Å². The summed E-state index contributed by atoms with van der Waals surface area (Å²) in [4.78, 5) is 3.90. The van der Waals surface area contributed by atoms with E-state index in [1.165, 1.54) is 12.1 Å². The average Bonchev–Trinajstić information content (AvgIpc) is 2.85. The second kappa shape index (κ2) is 2.58. The van der Waals surface area contributed by atoms with E-state index in [1.54, 1.807) is 0 Å². The third-order valence-electron chi connectivity index (χ3n) is 1.86. The number of rotatable bonds is 1. The van der Waals surface area contributed by atoms with E-state index in [0.29, 0.717) is 6.54 Å². The minimum Gasteiger partial charge on any atom is -0.281 e. The Labute approximate surface area is 72.9 Å². The fourth-order valence-corrected chi connectivity index (χ4v) is 1.07. The second-order valence-electron chi connectivity index (χ2n) is 2.84. The molecule has 0 bridgehead atoms. The van der Waals surface area contributed by atoms with Crippen LogP contribution in [0.5, 0.6) is 0 Å². The number of alkyl halides is 3. The first-order chi connectivity index (χ1) is 6.07. The molecule has 0 atom stereocenters. The van der Waals surface area contributed by atoms with Crippen LogP contribution < -0.4 is 0 Å². The summed E-state index contributed by atoms with van der Waals surface area (Å²) in [7, 11) is 0. The van der Waals surface area contributed by atoms with Gasteiger partial charge in [0.25, 0.3) is 0 Å². The highest BCUT2D eigenvalue weighted by Gasteiger charge is 2.30. The molecule has 4 heteroatoms.